The number of benzene rings is 3. The molecule has 33 heavy (non-hydrogen) atoms. The molecule has 0 radical (unpaired) electrons. The Morgan fingerprint density at radius 2 is 1.85 bits per heavy atom. The van der Waals surface area contributed by atoms with Crippen molar-refractivity contribution in [3.63, 3.8) is 0 Å². The summed E-state index contributed by atoms with van der Waals surface area (Å²) >= 11 is 11.8. The van der Waals surface area contributed by atoms with Crippen molar-refractivity contribution in [2.45, 2.75) is 27.3 Å². The number of amides is 1. The minimum absolute atomic E-state index is 0.142. The zero-order valence-electron chi connectivity index (χ0n) is 18.6. The lowest BCUT2D eigenvalue weighted by Gasteiger charge is -2.16. The van der Waals surface area contributed by atoms with E-state index < -0.39 is 0 Å². The van der Waals surface area contributed by atoms with Gasteiger partial charge < -0.3 is 20.1 Å². The number of aryl methyl sites for hydroxylation is 2. The van der Waals surface area contributed by atoms with Crippen LogP contribution in [0.25, 0.3) is 0 Å². The fourth-order valence-corrected chi connectivity index (χ4v) is 4.63. The van der Waals surface area contributed by atoms with E-state index in [1.165, 1.54) is 0 Å². The van der Waals surface area contributed by atoms with Crippen molar-refractivity contribution in [2.75, 3.05) is 23.8 Å². The lowest BCUT2D eigenvalue weighted by atomic mass is 10.1. The van der Waals surface area contributed by atoms with Crippen LogP contribution in [0, 0.1) is 17.4 Å². The first-order valence-electron chi connectivity index (χ1n) is 10.4. The van der Waals surface area contributed by atoms with Crippen LogP contribution in [0.5, 0.6) is 11.5 Å². The molecule has 2 N–H and O–H groups in total. The maximum absolute atomic E-state index is 12.4. The Hall–Kier alpha value is -1.97. The second-order valence-corrected chi connectivity index (χ2v) is 9.94. The molecule has 0 aliphatic heterocycles. The van der Waals surface area contributed by atoms with Crippen LogP contribution in [0.15, 0.2) is 53.0 Å². The summed E-state index contributed by atoms with van der Waals surface area (Å²) in [4.78, 5) is 12.4. The molecule has 3 aromatic carbocycles. The van der Waals surface area contributed by atoms with Gasteiger partial charge in [0.25, 0.3) is 5.91 Å². The number of halogens is 3. The van der Waals surface area contributed by atoms with Crippen LogP contribution in [0.3, 0.4) is 0 Å². The maximum Gasteiger partial charge on any atom is 0.262 e. The van der Waals surface area contributed by atoms with Crippen LogP contribution >= 0.6 is 50.1 Å². The monoisotopic (exact) mass is 642 g/mol. The Morgan fingerprint density at radius 3 is 2.55 bits per heavy atom. The van der Waals surface area contributed by atoms with Gasteiger partial charge in [0, 0.05) is 27.4 Å². The first-order chi connectivity index (χ1) is 15.8. The first-order valence-corrected chi connectivity index (χ1v) is 12.7. The van der Waals surface area contributed by atoms with E-state index in [2.05, 4.69) is 62.1 Å². The molecule has 0 atom stereocenters. The van der Waals surface area contributed by atoms with E-state index in [1.807, 2.05) is 50.2 Å². The Balaban J connectivity index is 1.68. The molecular weight excluding hydrogens is 619 g/mol. The van der Waals surface area contributed by atoms with Gasteiger partial charge in [-0.2, -0.15) is 0 Å². The molecule has 0 bridgehead atoms. The number of nitrogens with one attached hydrogen (secondary N) is 2. The minimum atomic E-state index is -0.273. The van der Waals surface area contributed by atoms with Crippen molar-refractivity contribution < 1.29 is 14.3 Å². The predicted octanol–water partition coefficient (Wildman–Crippen LogP) is 7.35. The highest BCUT2D eigenvalue weighted by Gasteiger charge is 2.15. The lowest BCUT2D eigenvalue weighted by Crippen LogP contribution is -2.20. The summed E-state index contributed by atoms with van der Waals surface area (Å²) in [5, 5.41) is 6.87. The van der Waals surface area contributed by atoms with E-state index in [9.17, 15) is 4.79 Å². The van der Waals surface area contributed by atoms with Crippen LogP contribution < -0.4 is 20.1 Å². The fourth-order valence-electron chi connectivity index (χ4n) is 3.15. The van der Waals surface area contributed by atoms with Crippen molar-refractivity contribution in [2.24, 2.45) is 0 Å². The molecule has 0 aromatic heterocycles. The van der Waals surface area contributed by atoms with Gasteiger partial charge >= 0.3 is 0 Å². The number of carbonyl (C=O) groups excluding carboxylic acids is 1. The third-order valence-corrected chi connectivity index (χ3v) is 6.55. The molecule has 3 rings (SSSR count). The number of carbonyl (C=O) groups is 1. The Kier molecular flexibility index (Phi) is 9.28. The highest BCUT2D eigenvalue weighted by molar-refractivity contribution is 14.1. The number of hydrogen-bond acceptors (Lipinski definition) is 4. The lowest BCUT2D eigenvalue weighted by molar-refractivity contribution is -0.118. The summed E-state index contributed by atoms with van der Waals surface area (Å²) in [6.07, 6.45) is 0. The smallest absolute Gasteiger partial charge is 0.262 e. The molecular formula is C25H25BrClIN2O3. The molecule has 0 saturated heterocycles. The SMILES string of the molecule is CCOc1cc(CNc2ccc(Br)cc2C)cc(I)c1OCC(=O)Nc1ccc(C)c(Cl)c1. The minimum Gasteiger partial charge on any atom is -0.490 e. The Bertz CT molecular complexity index is 1160. The van der Waals surface area contributed by atoms with Crippen molar-refractivity contribution in [3.8, 4) is 11.5 Å². The highest BCUT2D eigenvalue weighted by atomic mass is 127. The molecule has 1 amide bonds. The normalized spacial score (nSPS) is 10.6. The molecule has 3 aromatic rings. The average molecular weight is 644 g/mol. The van der Waals surface area contributed by atoms with Gasteiger partial charge in [-0.3, -0.25) is 4.79 Å². The van der Waals surface area contributed by atoms with Gasteiger partial charge in [-0.25, -0.2) is 0 Å². The molecule has 174 valence electrons. The first kappa shape index (κ1) is 25.6. The third-order valence-electron chi connectivity index (χ3n) is 4.84. The third kappa shape index (κ3) is 7.25. The molecule has 0 aliphatic rings. The zero-order chi connectivity index (χ0) is 24.0. The van der Waals surface area contributed by atoms with Crippen molar-refractivity contribution >= 4 is 67.4 Å². The van der Waals surface area contributed by atoms with Crippen LogP contribution in [-0.4, -0.2) is 19.1 Å². The van der Waals surface area contributed by atoms with Gasteiger partial charge in [0.05, 0.1) is 10.2 Å². The van der Waals surface area contributed by atoms with Crippen LogP contribution in [-0.2, 0) is 11.3 Å². The van der Waals surface area contributed by atoms with E-state index >= 15 is 0 Å². The summed E-state index contributed by atoms with van der Waals surface area (Å²) < 4.78 is 13.6. The highest BCUT2D eigenvalue weighted by Crippen LogP contribution is 2.35. The summed E-state index contributed by atoms with van der Waals surface area (Å²) in [5.41, 5.74) is 4.86. The zero-order valence-corrected chi connectivity index (χ0v) is 23.1. The molecule has 0 spiro atoms. The molecule has 0 aliphatic carbocycles. The average Bonchev–Trinajstić information content (AvgIpc) is 2.75. The molecule has 0 saturated carbocycles. The van der Waals surface area contributed by atoms with E-state index in [0.717, 1.165) is 30.4 Å². The Morgan fingerprint density at radius 1 is 1.06 bits per heavy atom. The standard InChI is InChI=1S/C25H25BrClIN2O3/c1-4-32-23-11-17(13-29-22-8-6-18(26)9-16(22)3)10-21(28)25(23)33-14-24(31)30-19-7-5-15(2)20(27)12-19/h5-12,29H,4,13-14H2,1-3H3,(H,30,31). The number of ether oxygens (including phenoxy) is 2. The van der Waals surface area contributed by atoms with Gasteiger partial charge in [-0.15, -0.1) is 0 Å². The quantitative estimate of drug-likeness (QED) is 0.240. The van der Waals surface area contributed by atoms with Gasteiger partial charge in [-0.1, -0.05) is 33.6 Å². The summed E-state index contributed by atoms with van der Waals surface area (Å²) in [6.45, 7) is 6.87. The summed E-state index contributed by atoms with van der Waals surface area (Å²) in [6, 6.07) is 15.5. The van der Waals surface area contributed by atoms with Crippen LogP contribution in [0.2, 0.25) is 5.02 Å². The van der Waals surface area contributed by atoms with E-state index in [1.54, 1.807) is 6.07 Å². The van der Waals surface area contributed by atoms with Crippen molar-refractivity contribution in [1.29, 1.82) is 0 Å². The van der Waals surface area contributed by atoms with Crippen molar-refractivity contribution in [1.82, 2.24) is 0 Å². The van der Waals surface area contributed by atoms with Gasteiger partial charge in [0.2, 0.25) is 0 Å². The van der Waals surface area contributed by atoms with E-state index in [0.29, 0.717) is 35.4 Å². The molecule has 0 heterocycles. The van der Waals surface area contributed by atoms with Gasteiger partial charge in [0.1, 0.15) is 0 Å². The number of rotatable bonds is 9. The molecule has 5 nitrogen and oxygen atoms in total. The summed E-state index contributed by atoms with van der Waals surface area (Å²) in [5.74, 6) is 0.891. The maximum atomic E-state index is 12.4. The molecule has 0 fully saturated rings. The van der Waals surface area contributed by atoms with Crippen LogP contribution in [0.4, 0.5) is 11.4 Å². The second kappa shape index (κ2) is 11.9. The molecule has 0 unspecified atom stereocenters. The number of hydrogen-bond donors (Lipinski definition) is 2. The van der Waals surface area contributed by atoms with E-state index in [-0.39, 0.29) is 12.5 Å². The van der Waals surface area contributed by atoms with Crippen molar-refractivity contribution in [3.05, 3.63) is 78.3 Å². The Labute approximate surface area is 221 Å². The summed E-state index contributed by atoms with van der Waals surface area (Å²) in [7, 11) is 0. The predicted molar refractivity (Wildman–Crippen MR) is 147 cm³/mol. The van der Waals surface area contributed by atoms with Crippen LogP contribution in [0.1, 0.15) is 23.6 Å². The largest absolute Gasteiger partial charge is 0.490 e. The van der Waals surface area contributed by atoms with Gasteiger partial charge in [0.15, 0.2) is 18.1 Å². The topological polar surface area (TPSA) is 59.6 Å². The number of anilines is 2. The van der Waals surface area contributed by atoms with Gasteiger partial charge in [-0.05, 0) is 103 Å². The second-order valence-electron chi connectivity index (χ2n) is 7.45. The molecule has 8 heteroatoms. The van der Waals surface area contributed by atoms with E-state index in [4.69, 9.17) is 21.1 Å². The fraction of sp³-hybridized carbons (Fsp3) is 0.240.